The molecule has 0 saturated carbocycles. The predicted molar refractivity (Wildman–Crippen MR) is 126 cm³/mol. The second-order valence-corrected chi connectivity index (χ2v) is 9.73. The molecule has 3 saturated heterocycles. The Bertz CT molecular complexity index is 827. The van der Waals surface area contributed by atoms with E-state index < -0.39 is 12.1 Å². The zero-order valence-corrected chi connectivity index (χ0v) is 20.2. The molecule has 0 bridgehead atoms. The Balaban J connectivity index is 1.33. The van der Waals surface area contributed by atoms with Crippen LogP contribution in [-0.4, -0.2) is 84.5 Å². The summed E-state index contributed by atoms with van der Waals surface area (Å²) in [7, 11) is 1.68. The first-order valence-corrected chi connectivity index (χ1v) is 12.7. The summed E-state index contributed by atoms with van der Waals surface area (Å²) in [5.74, 6) is 0.798. The fraction of sp³-hybridized carbons (Fsp3) is 0.720. The largest absolute Gasteiger partial charge is 0.467 e. The van der Waals surface area contributed by atoms with Gasteiger partial charge in [-0.3, -0.25) is 14.5 Å². The number of carbonyl (C=O) groups excluding carboxylic acids is 3. The summed E-state index contributed by atoms with van der Waals surface area (Å²) in [6.45, 7) is 4.49. The number of ether oxygens (including phenoxy) is 1. The van der Waals surface area contributed by atoms with Crippen LogP contribution in [0.4, 0.5) is 4.79 Å². The molecule has 1 N–H and O–H groups in total. The van der Waals surface area contributed by atoms with Gasteiger partial charge in [0.15, 0.2) is 0 Å². The minimum Gasteiger partial charge on any atom is -0.467 e. The van der Waals surface area contributed by atoms with Crippen LogP contribution >= 0.6 is 0 Å². The second-order valence-electron chi connectivity index (χ2n) is 9.73. The molecule has 0 aliphatic carbocycles. The molecule has 188 valence electrons. The van der Waals surface area contributed by atoms with E-state index in [2.05, 4.69) is 10.2 Å². The molecule has 1 aromatic rings. The Morgan fingerprint density at radius 1 is 1.24 bits per heavy atom. The van der Waals surface area contributed by atoms with E-state index in [1.165, 1.54) is 45.0 Å². The van der Waals surface area contributed by atoms with Crippen LogP contribution < -0.4 is 5.32 Å². The van der Waals surface area contributed by atoms with Crippen molar-refractivity contribution in [3.63, 3.8) is 0 Å². The lowest BCUT2D eigenvalue weighted by Gasteiger charge is -2.45. The Morgan fingerprint density at radius 2 is 2.09 bits per heavy atom. The normalized spacial score (nSPS) is 25.3. The van der Waals surface area contributed by atoms with Crippen LogP contribution in [0, 0.1) is 5.92 Å². The molecule has 1 aromatic heterocycles. The molecule has 4 heterocycles. The molecule has 9 nitrogen and oxygen atoms in total. The number of carbonyl (C=O) groups is 3. The summed E-state index contributed by atoms with van der Waals surface area (Å²) < 4.78 is 10.5. The van der Waals surface area contributed by atoms with Crippen LogP contribution in [0.1, 0.15) is 57.1 Å². The molecule has 0 spiro atoms. The highest BCUT2D eigenvalue weighted by Gasteiger charge is 2.39. The molecule has 3 fully saturated rings. The minimum atomic E-state index is -0.671. The van der Waals surface area contributed by atoms with Gasteiger partial charge in [0.2, 0.25) is 5.91 Å². The molecule has 3 aliphatic rings. The van der Waals surface area contributed by atoms with Gasteiger partial charge in [-0.15, -0.1) is 0 Å². The average molecular weight is 475 g/mol. The van der Waals surface area contributed by atoms with Gasteiger partial charge in [0.05, 0.1) is 12.8 Å². The number of urea groups is 1. The van der Waals surface area contributed by atoms with Gasteiger partial charge in [0, 0.05) is 39.3 Å². The van der Waals surface area contributed by atoms with Crippen molar-refractivity contribution in [3.05, 3.63) is 24.2 Å². The zero-order chi connectivity index (χ0) is 23.9. The lowest BCUT2D eigenvalue weighted by molar-refractivity contribution is -0.133. The van der Waals surface area contributed by atoms with Crippen molar-refractivity contribution < 1.29 is 23.5 Å². The number of rotatable bonds is 11. The molecule has 3 atom stereocenters. The van der Waals surface area contributed by atoms with Crippen LogP contribution in [0.25, 0.3) is 0 Å². The smallest absolute Gasteiger partial charge is 0.325 e. The number of fused-ring (bicyclic) bond motifs is 1. The van der Waals surface area contributed by atoms with E-state index in [-0.39, 0.29) is 24.8 Å². The minimum absolute atomic E-state index is 0.0515. The van der Waals surface area contributed by atoms with Crippen molar-refractivity contribution in [2.75, 3.05) is 39.9 Å². The number of nitrogens with one attached hydrogen (secondary N) is 1. The molecular formula is C25H38N4O5. The Morgan fingerprint density at radius 3 is 2.88 bits per heavy atom. The first-order valence-electron chi connectivity index (χ1n) is 12.7. The number of methoxy groups -OCH3 is 1. The molecule has 34 heavy (non-hydrogen) atoms. The summed E-state index contributed by atoms with van der Waals surface area (Å²) in [5, 5.41) is 2.73. The number of furan rings is 1. The predicted octanol–water partition coefficient (Wildman–Crippen LogP) is 2.61. The van der Waals surface area contributed by atoms with Crippen molar-refractivity contribution in [2.24, 2.45) is 5.92 Å². The molecule has 4 rings (SSSR count). The third-order valence-electron chi connectivity index (χ3n) is 7.46. The third kappa shape index (κ3) is 5.99. The van der Waals surface area contributed by atoms with E-state index >= 15 is 0 Å². The van der Waals surface area contributed by atoms with E-state index in [4.69, 9.17) is 9.15 Å². The van der Waals surface area contributed by atoms with Crippen molar-refractivity contribution in [1.82, 2.24) is 20.0 Å². The maximum Gasteiger partial charge on any atom is 0.325 e. The van der Waals surface area contributed by atoms with E-state index in [0.29, 0.717) is 37.3 Å². The zero-order valence-electron chi connectivity index (χ0n) is 20.2. The molecule has 0 radical (unpaired) electrons. The summed E-state index contributed by atoms with van der Waals surface area (Å²) >= 11 is 0. The Labute approximate surface area is 201 Å². The summed E-state index contributed by atoms with van der Waals surface area (Å²) in [4.78, 5) is 44.1. The number of amides is 4. The maximum atomic E-state index is 13.3. The van der Waals surface area contributed by atoms with Crippen LogP contribution in [-0.2, 0) is 20.9 Å². The number of nitrogens with zero attached hydrogens (tertiary/aromatic N) is 3. The summed E-state index contributed by atoms with van der Waals surface area (Å²) in [6, 6.07) is 2.92. The molecule has 0 unspecified atom stereocenters. The fourth-order valence-electron chi connectivity index (χ4n) is 5.70. The highest BCUT2D eigenvalue weighted by atomic mass is 16.5. The topological polar surface area (TPSA) is 95.3 Å². The van der Waals surface area contributed by atoms with Crippen LogP contribution in [0.15, 0.2) is 22.8 Å². The molecule has 0 aromatic carbocycles. The van der Waals surface area contributed by atoms with Gasteiger partial charge in [0.1, 0.15) is 11.8 Å². The van der Waals surface area contributed by atoms with Crippen LogP contribution in [0.2, 0.25) is 0 Å². The molecule has 9 heteroatoms. The number of hydrogen-bond donors (Lipinski definition) is 1. The second kappa shape index (κ2) is 11.8. The van der Waals surface area contributed by atoms with Gasteiger partial charge in [-0.1, -0.05) is 6.42 Å². The Hall–Kier alpha value is -2.39. The maximum absolute atomic E-state index is 13.3. The quantitative estimate of drug-likeness (QED) is 0.391. The van der Waals surface area contributed by atoms with Crippen molar-refractivity contribution in [2.45, 2.75) is 70.0 Å². The van der Waals surface area contributed by atoms with E-state index in [9.17, 15) is 14.4 Å². The lowest BCUT2D eigenvalue weighted by Crippen LogP contribution is -2.51. The number of piperidine rings is 2. The standard InChI is InChI=1S/C25H38N4O5/c1-33-15-6-14-28(17-19-7-4-13-27-12-3-2-9-22(19)27)23(30)11-10-21-24(31)29(25(32)26-21)18-20-8-5-16-34-20/h5,8,16,19,21-22H,2-4,6-7,9-15,17-18H2,1H3,(H,26,32)/t19-,21+,22+/m0/s1. The van der Waals surface area contributed by atoms with Gasteiger partial charge < -0.3 is 24.3 Å². The Kier molecular flexibility index (Phi) is 8.61. The molecule has 3 aliphatic heterocycles. The molecular weight excluding hydrogens is 436 g/mol. The SMILES string of the molecule is COCCCN(C[C@@H]1CCCN2CCCC[C@H]12)C(=O)CC[C@H]1NC(=O)N(Cc2ccco2)C1=O. The molecule has 4 amide bonds. The average Bonchev–Trinajstić information content (AvgIpc) is 3.46. The first kappa shape index (κ1) is 24.7. The van der Waals surface area contributed by atoms with Crippen LogP contribution in [0.5, 0.6) is 0 Å². The van der Waals surface area contributed by atoms with E-state index in [1.807, 2.05) is 4.90 Å². The number of hydrogen-bond acceptors (Lipinski definition) is 6. The summed E-state index contributed by atoms with van der Waals surface area (Å²) in [6.07, 6.45) is 8.96. The number of imide groups is 1. The highest BCUT2D eigenvalue weighted by molar-refractivity contribution is 6.04. The van der Waals surface area contributed by atoms with E-state index in [0.717, 1.165) is 24.3 Å². The third-order valence-corrected chi connectivity index (χ3v) is 7.46. The lowest BCUT2D eigenvalue weighted by atomic mass is 9.83. The fourth-order valence-corrected chi connectivity index (χ4v) is 5.70. The van der Waals surface area contributed by atoms with Gasteiger partial charge in [0.25, 0.3) is 5.91 Å². The van der Waals surface area contributed by atoms with Crippen molar-refractivity contribution in [3.8, 4) is 0 Å². The van der Waals surface area contributed by atoms with Gasteiger partial charge in [-0.2, -0.15) is 0 Å². The summed E-state index contributed by atoms with van der Waals surface area (Å²) in [5.41, 5.74) is 0. The van der Waals surface area contributed by atoms with Crippen molar-refractivity contribution >= 4 is 17.8 Å². The first-order chi connectivity index (χ1) is 16.6. The highest BCUT2D eigenvalue weighted by Crippen LogP contribution is 2.31. The monoisotopic (exact) mass is 474 g/mol. The van der Waals surface area contributed by atoms with Crippen LogP contribution in [0.3, 0.4) is 0 Å². The van der Waals surface area contributed by atoms with E-state index in [1.54, 1.807) is 19.2 Å². The van der Waals surface area contributed by atoms with Gasteiger partial charge >= 0.3 is 6.03 Å². The van der Waals surface area contributed by atoms with Gasteiger partial charge in [-0.25, -0.2) is 4.79 Å². The van der Waals surface area contributed by atoms with Crippen molar-refractivity contribution in [1.29, 1.82) is 0 Å². The van der Waals surface area contributed by atoms with Gasteiger partial charge in [-0.05, 0) is 69.7 Å².